The Morgan fingerprint density at radius 3 is 2.54 bits per heavy atom. The third kappa shape index (κ3) is 5.24. The summed E-state index contributed by atoms with van der Waals surface area (Å²) < 4.78 is 0. The molecule has 0 bridgehead atoms. The van der Waals surface area contributed by atoms with Gasteiger partial charge < -0.3 is 10.6 Å². The number of hydrogen-bond donors (Lipinski definition) is 2. The number of amides is 2. The van der Waals surface area contributed by atoms with Gasteiger partial charge in [0.15, 0.2) is 0 Å². The number of carbonyl (C=O) groups is 2. The van der Waals surface area contributed by atoms with Gasteiger partial charge in [0.1, 0.15) is 0 Å². The van der Waals surface area contributed by atoms with Crippen molar-refractivity contribution < 1.29 is 9.59 Å². The number of benzene rings is 1. The van der Waals surface area contributed by atoms with Crippen molar-refractivity contribution in [2.24, 2.45) is 5.92 Å². The number of rotatable bonds is 5. The number of piperidine rings is 1. The molecule has 2 saturated heterocycles. The topological polar surface area (TPSA) is 61.4 Å². The lowest BCUT2D eigenvalue weighted by molar-refractivity contribution is -0.139. The molecule has 2 atom stereocenters. The molecule has 0 spiro atoms. The quantitative estimate of drug-likeness (QED) is 0.775. The minimum atomic E-state index is -0.554. The van der Waals surface area contributed by atoms with E-state index in [-0.39, 0.29) is 6.04 Å². The van der Waals surface area contributed by atoms with E-state index < -0.39 is 11.8 Å². The summed E-state index contributed by atoms with van der Waals surface area (Å²) >= 11 is 2.05. The Balaban J connectivity index is 1.36. The van der Waals surface area contributed by atoms with Crippen LogP contribution in [0.25, 0.3) is 0 Å². The van der Waals surface area contributed by atoms with Gasteiger partial charge in [-0.15, -0.1) is 0 Å². The maximum Gasteiger partial charge on any atom is 0.309 e. The molecule has 2 N–H and O–H groups in total. The number of thioether (sulfide) groups is 1. The molecule has 2 heterocycles. The van der Waals surface area contributed by atoms with Crippen LogP contribution in [0.5, 0.6) is 0 Å². The SMILES string of the molecule is CC(NC(=O)C(=O)NCC1CCN(C2CCSC2)CC1)c1ccccc1. The zero-order valence-corrected chi connectivity index (χ0v) is 16.3. The van der Waals surface area contributed by atoms with Crippen LogP contribution in [0.3, 0.4) is 0 Å². The van der Waals surface area contributed by atoms with Crippen molar-refractivity contribution in [3.05, 3.63) is 35.9 Å². The number of hydrogen-bond acceptors (Lipinski definition) is 4. The van der Waals surface area contributed by atoms with Gasteiger partial charge in [-0.25, -0.2) is 0 Å². The second kappa shape index (κ2) is 9.42. The largest absolute Gasteiger partial charge is 0.348 e. The molecule has 2 unspecified atom stereocenters. The summed E-state index contributed by atoms with van der Waals surface area (Å²) in [5.41, 5.74) is 0.992. The third-order valence-electron chi connectivity index (χ3n) is 5.48. The van der Waals surface area contributed by atoms with E-state index in [2.05, 4.69) is 27.3 Å². The summed E-state index contributed by atoms with van der Waals surface area (Å²) in [5.74, 6) is 1.95. The van der Waals surface area contributed by atoms with Crippen LogP contribution < -0.4 is 10.6 Å². The van der Waals surface area contributed by atoms with Crippen LogP contribution in [0.2, 0.25) is 0 Å². The number of nitrogens with one attached hydrogen (secondary N) is 2. The number of carbonyl (C=O) groups excluding carboxylic acids is 2. The Morgan fingerprint density at radius 1 is 1.15 bits per heavy atom. The van der Waals surface area contributed by atoms with E-state index in [9.17, 15) is 9.59 Å². The lowest BCUT2D eigenvalue weighted by Gasteiger charge is -2.35. The maximum atomic E-state index is 12.1. The van der Waals surface area contributed by atoms with E-state index in [0.717, 1.165) is 37.5 Å². The molecule has 26 heavy (non-hydrogen) atoms. The van der Waals surface area contributed by atoms with Gasteiger partial charge in [-0.2, -0.15) is 11.8 Å². The van der Waals surface area contributed by atoms with Gasteiger partial charge in [0, 0.05) is 18.3 Å². The Labute approximate surface area is 160 Å². The molecule has 0 aliphatic carbocycles. The molecule has 2 aliphatic rings. The lowest BCUT2D eigenvalue weighted by Crippen LogP contribution is -2.46. The highest BCUT2D eigenvalue weighted by molar-refractivity contribution is 7.99. The van der Waals surface area contributed by atoms with Gasteiger partial charge in [0.2, 0.25) is 0 Å². The summed E-state index contributed by atoms with van der Waals surface area (Å²) in [4.78, 5) is 26.8. The lowest BCUT2D eigenvalue weighted by atomic mass is 9.95. The molecule has 0 radical (unpaired) electrons. The van der Waals surface area contributed by atoms with Crippen molar-refractivity contribution in [1.82, 2.24) is 15.5 Å². The van der Waals surface area contributed by atoms with Crippen LogP contribution in [-0.4, -0.2) is 53.9 Å². The normalized spacial score (nSPS) is 22.7. The van der Waals surface area contributed by atoms with Gasteiger partial charge >= 0.3 is 11.8 Å². The van der Waals surface area contributed by atoms with Crippen molar-refractivity contribution in [2.45, 2.75) is 38.3 Å². The highest BCUT2D eigenvalue weighted by Crippen LogP contribution is 2.26. The number of nitrogens with zero attached hydrogens (tertiary/aromatic N) is 1. The average molecular weight is 376 g/mol. The molecule has 1 aromatic carbocycles. The fraction of sp³-hybridized carbons (Fsp3) is 0.600. The zero-order valence-electron chi connectivity index (χ0n) is 15.4. The monoisotopic (exact) mass is 375 g/mol. The summed E-state index contributed by atoms with van der Waals surface area (Å²) in [6.45, 7) is 4.71. The van der Waals surface area contributed by atoms with Crippen LogP contribution in [-0.2, 0) is 9.59 Å². The molecule has 2 amide bonds. The Hall–Kier alpha value is -1.53. The first kappa shape index (κ1) is 19.2. The molecular weight excluding hydrogens is 346 g/mol. The van der Waals surface area contributed by atoms with Crippen LogP contribution in [0, 0.1) is 5.92 Å². The van der Waals surface area contributed by atoms with Gasteiger partial charge in [0.05, 0.1) is 6.04 Å². The van der Waals surface area contributed by atoms with Crippen molar-refractivity contribution in [2.75, 3.05) is 31.1 Å². The first-order valence-corrected chi connectivity index (χ1v) is 10.7. The zero-order chi connectivity index (χ0) is 18.4. The van der Waals surface area contributed by atoms with E-state index in [1.165, 1.54) is 17.9 Å². The predicted octanol–water partition coefficient (Wildman–Crippen LogP) is 2.20. The van der Waals surface area contributed by atoms with E-state index in [0.29, 0.717) is 12.5 Å². The third-order valence-corrected chi connectivity index (χ3v) is 6.62. The Morgan fingerprint density at radius 2 is 1.88 bits per heavy atom. The first-order chi connectivity index (χ1) is 12.6. The first-order valence-electron chi connectivity index (χ1n) is 9.59. The van der Waals surface area contributed by atoms with Gasteiger partial charge in [-0.3, -0.25) is 14.5 Å². The molecule has 2 aliphatic heterocycles. The maximum absolute atomic E-state index is 12.1. The molecule has 2 fully saturated rings. The van der Waals surface area contributed by atoms with Crippen molar-refractivity contribution in [3.63, 3.8) is 0 Å². The molecule has 3 rings (SSSR count). The highest BCUT2D eigenvalue weighted by atomic mass is 32.2. The summed E-state index contributed by atoms with van der Waals surface area (Å²) in [7, 11) is 0. The Bertz CT molecular complexity index is 596. The van der Waals surface area contributed by atoms with Gasteiger partial charge in [0.25, 0.3) is 0 Å². The second-order valence-corrected chi connectivity index (χ2v) is 8.46. The van der Waals surface area contributed by atoms with Crippen LogP contribution in [0.1, 0.15) is 37.8 Å². The van der Waals surface area contributed by atoms with Crippen LogP contribution in [0.15, 0.2) is 30.3 Å². The standard InChI is InChI=1S/C20H29N3O2S/c1-15(17-5-3-2-4-6-17)22-20(25)19(24)21-13-16-7-10-23(11-8-16)18-9-12-26-14-18/h2-6,15-16,18H,7-14H2,1H3,(H,21,24)(H,22,25). The van der Waals surface area contributed by atoms with Crippen LogP contribution in [0.4, 0.5) is 0 Å². The summed E-state index contributed by atoms with van der Waals surface area (Å²) in [6.07, 6.45) is 3.51. The molecule has 6 heteroatoms. The summed E-state index contributed by atoms with van der Waals surface area (Å²) in [5, 5.41) is 5.59. The van der Waals surface area contributed by atoms with E-state index in [1.54, 1.807) is 0 Å². The molecule has 1 aromatic rings. The molecule has 5 nitrogen and oxygen atoms in total. The van der Waals surface area contributed by atoms with Crippen molar-refractivity contribution in [3.8, 4) is 0 Å². The molecule has 142 valence electrons. The van der Waals surface area contributed by atoms with E-state index in [1.807, 2.05) is 37.3 Å². The van der Waals surface area contributed by atoms with E-state index >= 15 is 0 Å². The van der Waals surface area contributed by atoms with Crippen molar-refractivity contribution in [1.29, 1.82) is 0 Å². The van der Waals surface area contributed by atoms with Crippen LogP contribution >= 0.6 is 11.8 Å². The molecular formula is C20H29N3O2S. The fourth-order valence-corrected chi connectivity index (χ4v) is 4.99. The predicted molar refractivity (Wildman–Crippen MR) is 106 cm³/mol. The van der Waals surface area contributed by atoms with E-state index in [4.69, 9.17) is 0 Å². The minimum absolute atomic E-state index is 0.179. The minimum Gasteiger partial charge on any atom is -0.348 e. The summed E-state index contributed by atoms with van der Waals surface area (Å²) in [6, 6.07) is 10.2. The number of likely N-dealkylation sites (tertiary alicyclic amines) is 1. The Kier molecular flexibility index (Phi) is 6.97. The second-order valence-electron chi connectivity index (χ2n) is 7.31. The van der Waals surface area contributed by atoms with Gasteiger partial charge in [-0.05, 0) is 56.5 Å². The average Bonchev–Trinajstić information content (AvgIpc) is 3.22. The van der Waals surface area contributed by atoms with Gasteiger partial charge in [-0.1, -0.05) is 30.3 Å². The molecule has 0 saturated carbocycles. The smallest absolute Gasteiger partial charge is 0.309 e. The molecule has 0 aromatic heterocycles. The van der Waals surface area contributed by atoms with Crippen molar-refractivity contribution >= 4 is 23.6 Å². The highest BCUT2D eigenvalue weighted by Gasteiger charge is 2.28. The fourth-order valence-electron chi connectivity index (χ4n) is 3.74.